The molecule has 0 saturated carbocycles. The van der Waals surface area contributed by atoms with Crippen molar-refractivity contribution in [2.75, 3.05) is 18.4 Å². The van der Waals surface area contributed by atoms with Gasteiger partial charge >= 0.3 is 0 Å². The summed E-state index contributed by atoms with van der Waals surface area (Å²) in [4.78, 5) is 11.5. The highest BCUT2D eigenvalue weighted by molar-refractivity contribution is 9.10. The molecule has 0 aliphatic rings. The van der Waals surface area contributed by atoms with Crippen LogP contribution in [-0.2, 0) is 4.79 Å². The highest BCUT2D eigenvalue weighted by atomic mass is 79.9. The fourth-order valence-electron chi connectivity index (χ4n) is 1.18. The normalized spacial score (nSPS) is 10.2. The highest BCUT2D eigenvalue weighted by Gasteiger charge is 2.06. The monoisotopic (exact) mass is 288 g/mol. The quantitative estimate of drug-likeness (QED) is 0.818. The maximum absolute atomic E-state index is 12.9. The Morgan fingerprint density at radius 1 is 1.50 bits per heavy atom. The Labute approximate surface area is 103 Å². The fourth-order valence-corrected chi connectivity index (χ4v) is 1.53. The molecule has 88 valence electrons. The lowest BCUT2D eigenvalue weighted by Gasteiger charge is -2.07. The van der Waals surface area contributed by atoms with Crippen molar-refractivity contribution in [3.05, 3.63) is 28.5 Å². The summed E-state index contributed by atoms with van der Waals surface area (Å²) in [7, 11) is 0. The van der Waals surface area contributed by atoms with Crippen LogP contribution in [0.15, 0.2) is 22.7 Å². The minimum absolute atomic E-state index is 0.132. The number of rotatable bonds is 5. The van der Waals surface area contributed by atoms with Crippen molar-refractivity contribution < 1.29 is 9.18 Å². The Morgan fingerprint density at radius 3 is 2.94 bits per heavy atom. The molecule has 5 heteroatoms. The minimum Gasteiger partial charge on any atom is -0.325 e. The van der Waals surface area contributed by atoms with Crippen molar-refractivity contribution in [3.8, 4) is 0 Å². The van der Waals surface area contributed by atoms with Crippen molar-refractivity contribution in [3.63, 3.8) is 0 Å². The molecule has 3 nitrogen and oxygen atoms in total. The van der Waals surface area contributed by atoms with E-state index in [4.69, 9.17) is 0 Å². The molecule has 0 aromatic heterocycles. The van der Waals surface area contributed by atoms with Gasteiger partial charge < -0.3 is 10.6 Å². The average molecular weight is 289 g/mol. The van der Waals surface area contributed by atoms with Crippen LogP contribution in [0.25, 0.3) is 0 Å². The Bertz CT molecular complexity index is 371. The molecule has 0 aliphatic heterocycles. The molecule has 0 bridgehead atoms. The molecule has 1 aromatic rings. The Balaban J connectivity index is 2.52. The molecular weight excluding hydrogens is 275 g/mol. The number of nitrogens with one attached hydrogen (secondary N) is 2. The zero-order valence-corrected chi connectivity index (χ0v) is 10.6. The molecule has 0 unspecified atom stereocenters. The first kappa shape index (κ1) is 13.1. The molecule has 0 spiro atoms. The first-order chi connectivity index (χ1) is 7.63. The smallest absolute Gasteiger partial charge is 0.225 e. The minimum atomic E-state index is -0.370. The van der Waals surface area contributed by atoms with E-state index in [1.54, 1.807) is 6.07 Å². The van der Waals surface area contributed by atoms with E-state index in [1.807, 2.05) is 6.92 Å². The number of carbonyl (C=O) groups is 1. The highest BCUT2D eigenvalue weighted by Crippen LogP contribution is 2.22. The van der Waals surface area contributed by atoms with Crippen molar-refractivity contribution in [2.24, 2.45) is 0 Å². The number of carbonyl (C=O) groups excluding carboxylic acids is 1. The molecule has 1 aromatic carbocycles. The number of amides is 1. The average Bonchev–Trinajstić information content (AvgIpc) is 2.24. The van der Waals surface area contributed by atoms with E-state index >= 15 is 0 Å². The molecule has 0 fully saturated rings. The lowest BCUT2D eigenvalue weighted by molar-refractivity contribution is -0.116. The second kappa shape index (κ2) is 6.60. The summed E-state index contributed by atoms with van der Waals surface area (Å²) in [5, 5.41) is 5.69. The van der Waals surface area contributed by atoms with Crippen molar-refractivity contribution in [1.29, 1.82) is 0 Å². The van der Waals surface area contributed by atoms with E-state index in [0.29, 0.717) is 23.1 Å². The molecule has 16 heavy (non-hydrogen) atoms. The number of benzene rings is 1. The Kier molecular flexibility index (Phi) is 5.42. The summed E-state index contributed by atoms with van der Waals surface area (Å²) in [6.45, 7) is 3.42. The van der Waals surface area contributed by atoms with Crippen LogP contribution in [0, 0.1) is 5.82 Å². The summed E-state index contributed by atoms with van der Waals surface area (Å²) < 4.78 is 13.6. The first-order valence-electron chi connectivity index (χ1n) is 5.09. The molecule has 1 rings (SSSR count). The largest absolute Gasteiger partial charge is 0.325 e. The molecule has 0 aliphatic carbocycles. The standard InChI is InChI=1S/C11H14BrFN2O/c1-2-14-6-5-11(16)15-10-7-8(13)3-4-9(10)12/h3-4,7,14H,2,5-6H2,1H3,(H,15,16). The van der Waals surface area contributed by atoms with Gasteiger partial charge in [-0.1, -0.05) is 6.92 Å². The van der Waals surface area contributed by atoms with Crippen molar-refractivity contribution >= 4 is 27.5 Å². The van der Waals surface area contributed by atoms with Crippen LogP contribution >= 0.6 is 15.9 Å². The van der Waals surface area contributed by atoms with Gasteiger partial charge in [-0.3, -0.25) is 4.79 Å². The van der Waals surface area contributed by atoms with E-state index < -0.39 is 0 Å². The topological polar surface area (TPSA) is 41.1 Å². The van der Waals surface area contributed by atoms with Crippen LogP contribution < -0.4 is 10.6 Å². The lowest BCUT2D eigenvalue weighted by Crippen LogP contribution is -2.21. The van der Waals surface area contributed by atoms with Crippen molar-refractivity contribution in [1.82, 2.24) is 5.32 Å². The predicted octanol–water partition coefficient (Wildman–Crippen LogP) is 2.53. The number of hydrogen-bond acceptors (Lipinski definition) is 2. The second-order valence-electron chi connectivity index (χ2n) is 3.28. The van der Waals surface area contributed by atoms with Gasteiger partial charge in [0.2, 0.25) is 5.91 Å². The van der Waals surface area contributed by atoms with Gasteiger partial charge in [-0.25, -0.2) is 4.39 Å². The summed E-state index contributed by atoms with van der Waals surface area (Å²) in [6.07, 6.45) is 0.372. The molecule has 2 N–H and O–H groups in total. The number of hydrogen-bond donors (Lipinski definition) is 2. The van der Waals surface area contributed by atoms with Crippen molar-refractivity contribution in [2.45, 2.75) is 13.3 Å². The molecular formula is C11H14BrFN2O. The molecule has 0 radical (unpaired) electrons. The summed E-state index contributed by atoms with van der Waals surface area (Å²) in [5.41, 5.74) is 0.460. The summed E-state index contributed by atoms with van der Waals surface area (Å²) >= 11 is 3.24. The van der Waals surface area contributed by atoms with Crippen LogP contribution in [0.5, 0.6) is 0 Å². The lowest BCUT2D eigenvalue weighted by atomic mass is 10.3. The van der Waals surface area contributed by atoms with Gasteiger partial charge in [0.25, 0.3) is 0 Å². The Hall–Kier alpha value is -0.940. The van der Waals surface area contributed by atoms with Crippen LogP contribution in [0.2, 0.25) is 0 Å². The first-order valence-corrected chi connectivity index (χ1v) is 5.88. The maximum Gasteiger partial charge on any atom is 0.225 e. The SMILES string of the molecule is CCNCCC(=O)Nc1cc(F)ccc1Br. The van der Waals surface area contributed by atoms with Gasteiger partial charge in [-0.2, -0.15) is 0 Å². The van der Waals surface area contributed by atoms with Crippen LogP contribution in [0.1, 0.15) is 13.3 Å². The van der Waals surface area contributed by atoms with Gasteiger partial charge in [0.15, 0.2) is 0 Å². The third kappa shape index (κ3) is 4.28. The predicted molar refractivity (Wildman–Crippen MR) is 65.9 cm³/mol. The number of halogens is 2. The summed E-state index contributed by atoms with van der Waals surface area (Å²) in [5.74, 6) is -0.502. The molecule has 0 saturated heterocycles. The van der Waals surface area contributed by atoms with E-state index in [1.165, 1.54) is 12.1 Å². The molecule has 0 heterocycles. The maximum atomic E-state index is 12.9. The van der Waals surface area contributed by atoms with E-state index in [0.717, 1.165) is 6.54 Å². The van der Waals surface area contributed by atoms with Gasteiger partial charge in [0.05, 0.1) is 5.69 Å². The Morgan fingerprint density at radius 2 is 2.25 bits per heavy atom. The van der Waals surface area contributed by atoms with Gasteiger partial charge in [0, 0.05) is 17.4 Å². The summed E-state index contributed by atoms with van der Waals surface area (Å²) in [6, 6.07) is 4.18. The van der Waals surface area contributed by atoms with Crippen LogP contribution in [0.3, 0.4) is 0 Å². The van der Waals surface area contributed by atoms with E-state index in [-0.39, 0.29) is 11.7 Å². The third-order valence-corrected chi connectivity index (χ3v) is 2.67. The van der Waals surface area contributed by atoms with Gasteiger partial charge in [0.1, 0.15) is 5.82 Å². The fraction of sp³-hybridized carbons (Fsp3) is 0.364. The second-order valence-corrected chi connectivity index (χ2v) is 4.13. The van der Waals surface area contributed by atoms with E-state index in [9.17, 15) is 9.18 Å². The molecule has 1 amide bonds. The van der Waals surface area contributed by atoms with Gasteiger partial charge in [-0.05, 0) is 40.7 Å². The van der Waals surface area contributed by atoms with Crippen LogP contribution in [0.4, 0.5) is 10.1 Å². The zero-order chi connectivity index (χ0) is 12.0. The molecule has 0 atom stereocenters. The zero-order valence-electron chi connectivity index (χ0n) is 9.02. The third-order valence-electron chi connectivity index (χ3n) is 1.98. The van der Waals surface area contributed by atoms with E-state index in [2.05, 4.69) is 26.6 Å². The van der Waals surface area contributed by atoms with Gasteiger partial charge in [-0.15, -0.1) is 0 Å². The van der Waals surface area contributed by atoms with Crippen LogP contribution in [-0.4, -0.2) is 19.0 Å². The number of anilines is 1.